The molecule has 2 aromatic heterocycles. The second kappa shape index (κ2) is 6.51. The summed E-state index contributed by atoms with van der Waals surface area (Å²) in [7, 11) is 3.49. The second-order valence-corrected chi connectivity index (χ2v) is 5.31. The fourth-order valence-corrected chi connectivity index (χ4v) is 2.63. The Morgan fingerprint density at radius 3 is 2.60 bits per heavy atom. The first-order valence-corrected chi connectivity index (χ1v) is 7.28. The molecule has 1 amide bonds. The van der Waals surface area contributed by atoms with E-state index in [-0.39, 0.29) is 5.91 Å². The van der Waals surface area contributed by atoms with Crippen LogP contribution in [0.15, 0.2) is 29.7 Å². The highest BCUT2D eigenvalue weighted by Crippen LogP contribution is 2.23. The Hall–Kier alpha value is -1.89. The van der Waals surface area contributed by atoms with Crippen LogP contribution in [0.2, 0.25) is 0 Å². The number of carbonyl (C=O) groups is 1. The Morgan fingerprint density at radius 2 is 2.00 bits per heavy atom. The van der Waals surface area contributed by atoms with E-state index < -0.39 is 0 Å². The monoisotopic (exact) mass is 291 g/mol. The van der Waals surface area contributed by atoms with E-state index in [9.17, 15) is 4.79 Å². The highest BCUT2D eigenvalue weighted by Gasteiger charge is 2.14. The van der Waals surface area contributed by atoms with Crippen molar-refractivity contribution in [1.82, 2.24) is 24.6 Å². The molecule has 7 heteroatoms. The Labute approximate surface area is 122 Å². The van der Waals surface area contributed by atoms with E-state index >= 15 is 0 Å². The van der Waals surface area contributed by atoms with Crippen molar-refractivity contribution in [3.63, 3.8) is 0 Å². The van der Waals surface area contributed by atoms with Gasteiger partial charge in [0, 0.05) is 38.6 Å². The van der Waals surface area contributed by atoms with E-state index in [2.05, 4.69) is 15.2 Å². The summed E-state index contributed by atoms with van der Waals surface area (Å²) in [6, 6.07) is 3.80. The van der Waals surface area contributed by atoms with E-state index in [0.29, 0.717) is 5.75 Å². The number of nitrogens with zero attached hydrogens (tertiary/aromatic N) is 5. The summed E-state index contributed by atoms with van der Waals surface area (Å²) in [5.74, 6) is 1.22. The van der Waals surface area contributed by atoms with Gasteiger partial charge >= 0.3 is 0 Å². The SMILES string of the molecule is CCn1c(SCC(=O)N(C)C)nnc1-c1ccncc1. The highest BCUT2D eigenvalue weighted by molar-refractivity contribution is 7.99. The van der Waals surface area contributed by atoms with E-state index in [0.717, 1.165) is 23.1 Å². The molecule has 0 spiro atoms. The van der Waals surface area contributed by atoms with Gasteiger partial charge in [-0.05, 0) is 19.1 Å². The molecule has 2 aromatic rings. The van der Waals surface area contributed by atoms with Gasteiger partial charge in [0.15, 0.2) is 11.0 Å². The first kappa shape index (κ1) is 14.5. The van der Waals surface area contributed by atoms with Crippen molar-refractivity contribution < 1.29 is 4.79 Å². The van der Waals surface area contributed by atoms with Crippen LogP contribution in [-0.2, 0) is 11.3 Å². The smallest absolute Gasteiger partial charge is 0.232 e. The van der Waals surface area contributed by atoms with Crippen molar-refractivity contribution in [1.29, 1.82) is 0 Å². The van der Waals surface area contributed by atoms with Gasteiger partial charge in [-0.25, -0.2) is 0 Å². The number of pyridine rings is 1. The number of rotatable bonds is 5. The molecular weight excluding hydrogens is 274 g/mol. The van der Waals surface area contributed by atoms with Gasteiger partial charge in [-0.1, -0.05) is 11.8 Å². The molecule has 0 fully saturated rings. The van der Waals surface area contributed by atoms with E-state index in [4.69, 9.17) is 0 Å². The van der Waals surface area contributed by atoms with Gasteiger partial charge in [-0.3, -0.25) is 9.78 Å². The third-order valence-electron chi connectivity index (χ3n) is 2.80. The zero-order valence-electron chi connectivity index (χ0n) is 11.8. The first-order valence-electron chi connectivity index (χ1n) is 6.30. The minimum absolute atomic E-state index is 0.0612. The number of aromatic nitrogens is 4. The van der Waals surface area contributed by atoms with E-state index in [1.54, 1.807) is 31.4 Å². The van der Waals surface area contributed by atoms with Crippen LogP contribution in [0.1, 0.15) is 6.92 Å². The molecule has 0 aromatic carbocycles. The Morgan fingerprint density at radius 1 is 1.30 bits per heavy atom. The maximum absolute atomic E-state index is 11.6. The molecule has 0 saturated heterocycles. The third kappa shape index (κ3) is 3.16. The van der Waals surface area contributed by atoms with Crippen LogP contribution in [0.4, 0.5) is 0 Å². The van der Waals surface area contributed by atoms with Crippen LogP contribution >= 0.6 is 11.8 Å². The predicted octanol–water partition coefficient (Wildman–Crippen LogP) is 1.54. The quantitative estimate of drug-likeness (QED) is 0.782. The van der Waals surface area contributed by atoms with Crippen molar-refractivity contribution in [2.45, 2.75) is 18.6 Å². The van der Waals surface area contributed by atoms with Crippen LogP contribution in [0.25, 0.3) is 11.4 Å². The average molecular weight is 291 g/mol. The fourth-order valence-electron chi connectivity index (χ4n) is 1.65. The second-order valence-electron chi connectivity index (χ2n) is 4.36. The van der Waals surface area contributed by atoms with Crippen molar-refractivity contribution in [2.24, 2.45) is 0 Å². The van der Waals surface area contributed by atoms with Crippen LogP contribution in [0.5, 0.6) is 0 Å². The molecule has 0 unspecified atom stereocenters. The van der Waals surface area contributed by atoms with Gasteiger partial charge in [0.1, 0.15) is 0 Å². The van der Waals surface area contributed by atoms with Gasteiger partial charge in [-0.15, -0.1) is 10.2 Å². The molecule has 0 aliphatic rings. The molecule has 6 nitrogen and oxygen atoms in total. The largest absolute Gasteiger partial charge is 0.348 e. The number of hydrogen-bond donors (Lipinski definition) is 0. The van der Waals surface area contributed by atoms with Crippen LogP contribution < -0.4 is 0 Å². The number of carbonyl (C=O) groups excluding carboxylic acids is 1. The summed E-state index contributed by atoms with van der Waals surface area (Å²) in [6.45, 7) is 2.79. The summed E-state index contributed by atoms with van der Waals surface area (Å²) >= 11 is 1.41. The van der Waals surface area contributed by atoms with Gasteiger partial charge in [0.2, 0.25) is 5.91 Å². The topological polar surface area (TPSA) is 63.9 Å². The molecule has 2 heterocycles. The molecule has 0 radical (unpaired) electrons. The fraction of sp³-hybridized carbons (Fsp3) is 0.385. The van der Waals surface area contributed by atoms with Gasteiger partial charge in [-0.2, -0.15) is 0 Å². The molecule has 2 rings (SSSR count). The maximum atomic E-state index is 11.6. The summed E-state index contributed by atoms with van der Waals surface area (Å²) in [5.41, 5.74) is 0.972. The van der Waals surface area contributed by atoms with Gasteiger partial charge in [0.05, 0.1) is 5.75 Å². The number of amides is 1. The normalized spacial score (nSPS) is 10.6. The zero-order chi connectivity index (χ0) is 14.5. The minimum atomic E-state index is 0.0612. The van der Waals surface area contributed by atoms with E-state index in [1.165, 1.54) is 11.8 Å². The summed E-state index contributed by atoms with van der Waals surface area (Å²) < 4.78 is 2.00. The molecular formula is C13H17N5OS. The molecule has 20 heavy (non-hydrogen) atoms. The molecule has 0 aliphatic heterocycles. The molecule has 0 bridgehead atoms. The predicted molar refractivity (Wildman–Crippen MR) is 78.3 cm³/mol. The Bertz CT molecular complexity index is 582. The highest BCUT2D eigenvalue weighted by atomic mass is 32.2. The van der Waals surface area contributed by atoms with Crippen molar-refractivity contribution >= 4 is 17.7 Å². The van der Waals surface area contributed by atoms with Crippen LogP contribution in [0.3, 0.4) is 0 Å². The molecule has 0 aliphatic carbocycles. The number of hydrogen-bond acceptors (Lipinski definition) is 5. The molecule has 106 valence electrons. The molecule has 0 N–H and O–H groups in total. The van der Waals surface area contributed by atoms with Crippen LogP contribution in [-0.4, -0.2) is 50.4 Å². The first-order chi connectivity index (χ1) is 9.63. The lowest BCUT2D eigenvalue weighted by Gasteiger charge is -2.10. The molecule has 0 atom stereocenters. The summed E-state index contributed by atoms with van der Waals surface area (Å²) in [4.78, 5) is 17.2. The maximum Gasteiger partial charge on any atom is 0.232 e. The number of thioether (sulfide) groups is 1. The summed E-state index contributed by atoms with van der Waals surface area (Å²) in [6.07, 6.45) is 3.46. The van der Waals surface area contributed by atoms with Crippen molar-refractivity contribution in [3.05, 3.63) is 24.5 Å². The lowest BCUT2D eigenvalue weighted by atomic mass is 10.2. The van der Waals surface area contributed by atoms with Gasteiger partial charge < -0.3 is 9.47 Å². The standard InChI is InChI=1S/C13H17N5OS/c1-4-18-12(10-5-7-14-8-6-10)15-16-13(18)20-9-11(19)17(2)3/h5-8H,4,9H2,1-3H3. The third-order valence-corrected chi connectivity index (χ3v) is 3.75. The van der Waals surface area contributed by atoms with Crippen LogP contribution in [0, 0.1) is 0 Å². The molecule has 0 saturated carbocycles. The van der Waals surface area contributed by atoms with E-state index in [1.807, 2.05) is 23.6 Å². The average Bonchev–Trinajstić information content (AvgIpc) is 2.88. The summed E-state index contributed by atoms with van der Waals surface area (Å²) in [5, 5.41) is 9.16. The van der Waals surface area contributed by atoms with Gasteiger partial charge in [0.25, 0.3) is 0 Å². The Kier molecular flexibility index (Phi) is 4.73. The Balaban J connectivity index is 2.20. The van der Waals surface area contributed by atoms with Crippen molar-refractivity contribution in [2.75, 3.05) is 19.8 Å². The minimum Gasteiger partial charge on any atom is -0.348 e. The zero-order valence-corrected chi connectivity index (χ0v) is 12.6. The van der Waals surface area contributed by atoms with Crippen molar-refractivity contribution in [3.8, 4) is 11.4 Å². The lowest BCUT2D eigenvalue weighted by molar-refractivity contribution is -0.125. The lowest BCUT2D eigenvalue weighted by Crippen LogP contribution is -2.23.